The third kappa shape index (κ3) is 2.14. The molecule has 1 atom stereocenters. The van der Waals surface area contributed by atoms with E-state index in [0.717, 1.165) is 17.5 Å². The molecule has 0 spiro atoms. The Kier molecular flexibility index (Phi) is 3.45. The number of nitrogens with one attached hydrogen (secondary N) is 1. The summed E-state index contributed by atoms with van der Waals surface area (Å²) in [4.78, 5) is 14.5. The summed E-state index contributed by atoms with van der Waals surface area (Å²) in [7, 11) is 0. The first-order valence-corrected chi connectivity index (χ1v) is 7.89. The predicted octanol–water partition coefficient (Wildman–Crippen LogP) is 3.76. The minimum Gasteiger partial charge on any atom is -0.463 e. The van der Waals surface area contributed by atoms with E-state index in [9.17, 15) is 9.18 Å². The zero-order valence-electron chi connectivity index (χ0n) is 13.1. The summed E-state index contributed by atoms with van der Waals surface area (Å²) >= 11 is 0. The Bertz CT molecular complexity index is 886. The molecule has 0 saturated carbocycles. The number of aromatic nitrogens is 2. The second kappa shape index (κ2) is 5.63. The molecule has 3 heterocycles. The summed E-state index contributed by atoms with van der Waals surface area (Å²) in [5, 5.41) is 7.10. The Morgan fingerprint density at radius 1 is 1.33 bits per heavy atom. The number of hydrogen-bond acceptors (Lipinski definition) is 3. The minimum atomic E-state index is -0.373. The van der Waals surface area contributed by atoms with Crippen LogP contribution in [0.2, 0.25) is 0 Å². The molecular formula is C18H16FN3O2. The van der Waals surface area contributed by atoms with E-state index in [4.69, 9.17) is 4.42 Å². The van der Waals surface area contributed by atoms with Gasteiger partial charge in [-0.1, -0.05) is 19.1 Å². The number of halogens is 1. The van der Waals surface area contributed by atoms with Crippen molar-refractivity contribution in [2.45, 2.75) is 19.4 Å². The number of benzene rings is 1. The summed E-state index contributed by atoms with van der Waals surface area (Å²) in [5.74, 6) is 0.138. The van der Waals surface area contributed by atoms with Crippen LogP contribution in [0.5, 0.6) is 0 Å². The van der Waals surface area contributed by atoms with Gasteiger partial charge in [-0.05, 0) is 36.2 Å². The Balaban J connectivity index is 1.90. The van der Waals surface area contributed by atoms with Crippen LogP contribution in [-0.4, -0.2) is 27.5 Å². The molecule has 5 nitrogen and oxygen atoms in total. The van der Waals surface area contributed by atoms with E-state index >= 15 is 0 Å². The standard InChI is InChI=1S/C18H16FN3O2/c1-2-8-22-17(11-5-3-6-12(19)10-11)14-15(13-7-4-9-24-13)20-21-16(14)18(22)23/h3-7,9-10,17H,2,8H2,1H3,(H,20,21). The quantitative estimate of drug-likeness (QED) is 0.794. The molecule has 24 heavy (non-hydrogen) atoms. The molecule has 0 fully saturated rings. The van der Waals surface area contributed by atoms with Crippen molar-refractivity contribution in [3.63, 3.8) is 0 Å². The van der Waals surface area contributed by atoms with Gasteiger partial charge in [-0.15, -0.1) is 0 Å². The van der Waals surface area contributed by atoms with E-state index in [1.165, 1.54) is 12.1 Å². The number of amides is 1. The van der Waals surface area contributed by atoms with Crippen molar-refractivity contribution in [1.82, 2.24) is 15.1 Å². The fraction of sp³-hybridized carbons (Fsp3) is 0.222. The first-order valence-electron chi connectivity index (χ1n) is 7.89. The molecule has 0 bridgehead atoms. The topological polar surface area (TPSA) is 62.1 Å². The number of furan rings is 1. The molecule has 1 aliphatic heterocycles. The van der Waals surface area contributed by atoms with Crippen molar-refractivity contribution in [3.05, 3.63) is 65.3 Å². The lowest BCUT2D eigenvalue weighted by Gasteiger charge is -2.25. The van der Waals surface area contributed by atoms with Gasteiger partial charge in [-0.3, -0.25) is 9.89 Å². The molecule has 0 aliphatic carbocycles. The van der Waals surface area contributed by atoms with Crippen LogP contribution >= 0.6 is 0 Å². The average Bonchev–Trinajstić information content (AvgIpc) is 3.27. The number of H-pyrrole nitrogens is 1. The molecule has 1 aliphatic rings. The average molecular weight is 325 g/mol. The van der Waals surface area contributed by atoms with Crippen LogP contribution in [0.25, 0.3) is 11.5 Å². The van der Waals surface area contributed by atoms with Gasteiger partial charge in [0.25, 0.3) is 5.91 Å². The van der Waals surface area contributed by atoms with Gasteiger partial charge in [0, 0.05) is 12.1 Å². The second-order valence-electron chi connectivity index (χ2n) is 5.79. The number of nitrogens with zero attached hydrogens (tertiary/aromatic N) is 2. The van der Waals surface area contributed by atoms with E-state index < -0.39 is 0 Å². The van der Waals surface area contributed by atoms with Gasteiger partial charge in [0.2, 0.25) is 0 Å². The third-order valence-corrected chi connectivity index (χ3v) is 4.25. The van der Waals surface area contributed by atoms with Crippen molar-refractivity contribution in [1.29, 1.82) is 0 Å². The second-order valence-corrected chi connectivity index (χ2v) is 5.79. The number of carbonyl (C=O) groups is 1. The molecule has 2 aromatic heterocycles. The van der Waals surface area contributed by atoms with Crippen LogP contribution < -0.4 is 0 Å². The van der Waals surface area contributed by atoms with Gasteiger partial charge in [0.15, 0.2) is 11.5 Å². The summed E-state index contributed by atoms with van der Waals surface area (Å²) in [6.07, 6.45) is 2.38. The molecule has 6 heteroatoms. The smallest absolute Gasteiger partial charge is 0.275 e. The Morgan fingerprint density at radius 2 is 2.21 bits per heavy atom. The molecular weight excluding hydrogens is 309 g/mol. The predicted molar refractivity (Wildman–Crippen MR) is 85.9 cm³/mol. The van der Waals surface area contributed by atoms with Crippen LogP contribution in [0.15, 0.2) is 47.1 Å². The van der Waals surface area contributed by atoms with Crippen molar-refractivity contribution in [3.8, 4) is 11.5 Å². The van der Waals surface area contributed by atoms with Crippen LogP contribution in [0.1, 0.15) is 41.0 Å². The van der Waals surface area contributed by atoms with Crippen LogP contribution in [0.4, 0.5) is 4.39 Å². The van der Waals surface area contributed by atoms with Crippen molar-refractivity contribution < 1.29 is 13.6 Å². The highest BCUT2D eigenvalue weighted by atomic mass is 19.1. The van der Waals surface area contributed by atoms with Crippen LogP contribution in [0, 0.1) is 5.82 Å². The maximum absolute atomic E-state index is 13.8. The largest absolute Gasteiger partial charge is 0.463 e. The van der Waals surface area contributed by atoms with Gasteiger partial charge >= 0.3 is 0 Å². The first-order chi connectivity index (χ1) is 11.7. The zero-order chi connectivity index (χ0) is 16.7. The summed E-state index contributed by atoms with van der Waals surface area (Å²) in [6.45, 7) is 2.58. The monoisotopic (exact) mass is 325 g/mol. The third-order valence-electron chi connectivity index (χ3n) is 4.25. The van der Waals surface area contributed by atoms with Gasteiger partial charge in [-0.2, -0.15) is 5.10 Å². The maximum atomic E-state index is 13.8. The van der Waals surface area contributed by atoms with Crippen molar-refractivity contribution >= 4 is 5.91 Å². The van der Waals surface area contributed by atoms with Crippen molar-refractivity contribution in [2.24, 2.45) is 0 Å². The number of fused-ring (bicyclic) bond motifs is 1. The lowest BCUT2D eigenvalue weighted by atomic mass is 9.98. The number of carbonyl (C=O) groups excluding carboxylic acids is 1. The zero-order valence-corrected chi connectivity index (χ0v) is 13.1. The Labute approximate surface area is 138 Å². The highest BCUT2D eigenvalue weighted by Gasteiger charge is 2.42. The molecule has 1 unspecified atom stereocenters. The number of rotatable bonds is 4. The lowest BCUT2D eigenvalue weighted by Crippen LogP contribution is -2.30. The van der Waals surface area contributed by atoms with E-state index in [2.05, 4.69) is 10.2 Å². The molecule has 1 amide bonds. The number of hydrogen-bond donors (Lipinski definition) is 1. The minimum absolute atomic E-state index is 0.143. The molecule has 0 radical (unpaired) electrons. The van der Waals surface area contributed by atoms with Crippen LogP contribution in [0.3, 0.4) is 0 Å². The molecule has 0 saturated heterocycles. The highest BCUT2D eigenvalue weighted by Crippen LogP contribution is 2.42. The Hall–Kier alpha value is -2.89. The lowest BCUT2D eigenvalue weighted by molar-refractivity contribution is 0.0743. The van der Waals surface area contributed by atoms with Gasteiger partial charge < -0.3 is 9.32 Å². The van der Waals surface area contributed by atoms with Gasteiger partial charge in [0.1, 0.15) is 11.5 Å². The molecule has 1 aromatic carbocycles. The van der Waals surface area contributed by atoms with E-state index in [0.29, 0.717) is 23.7 Å². The Morgan fingerprint density at radius 3 is 2.92 bits per heavy atom. The normalized spacial score (nSPS) is 16.7. The molecule has 3 aromatic rings. The number of aromatic amines is 1. The fourth-order valence-electron chi connectivity index (χ4n) is 3.29. The van der Waals surface area contributed by atoms with Gasteiger partial charge in [-0.25, -0.2) is 4.39 Å². The van der Waals surface area contributed by atoms with E-state index in [-0.39, 0.29) is 17.8 Å². The SMILES string of the molecule is CCCN1C(=O)c2n[nH]c(-c3ccco3)c2C1c1cccc(F)c1. The summed E-state index contributed by atoms with van der Waals surface area (Å²) in [5.41, 5.74) is 2.51. The summed E-state index contributed by atoms with van der Waals surface area (Å²) < 4.78 is 19.2. The maximum Gasteiger partial charge on any atom is 0.275 e. The molecule has 122 valence electrons. The fourth-order valence-corrected chi connectivity index (χ4v) is 3.29. The highest BCUT2D eigenvalue weighted by molar-refractivity contribution is 5.99. The molecule has 1 N–H and O–H groups in total. The van der Waals surface area contributed by atoms with Gasteiger partial charge in [0.05, 0.1) is 12.3 Å². The van der Waals surface area contributed by atoms with Crippen molar-refractivity contribution in [2.75, 3.05) is 6.54 Å². The summed E-state index contributed by atoms with van der Waals surface area (Å²) in [6, 6.07) is 9.57. The van der Waals surface area contributed by atoms with E-state index in [1.807, 2.05) is 19.1 Å². The molecule has 4 rings (SSSR count). The first kappa shape index (κ1) is 14.7. The van der Waals surface area contributed by atoms with E-state index in [1.54, 1.807) is 23.3 Å². The van der Waals surface area contributed by atoms with Crippen LogP contribution in [-0.2, 0) is 0 Å².